The number of carbonyl (C=O) groups excluding carboxylic acids is 1. The standard InChI is InChI=1S/C10H19N2O4P/c1-6(12-7(2)13)9-4-3-8(5-10(9)11)17(14,15)16/h3,6,9-10H,4-5,11H2,1-2H3,(H,12,13)(H2,14,15,16)/t6-,9+,10-/m0/s1. The second-order valence-electron chi connectivity index (χ2n) is 4.50. The van der Waals surface area contributed by atoms with Crippen LogP contribution in [0.2, 0.25) is 0 Å². The molecule has 0 saturated heterocycles. The van der Waals surface area contributed by atoms with Crippen LogP contribution < -0.4 is 11.1 Å². The van der Waals surface area contributed by atoms with Gasteiger partial charge in [0.25, 0.3) is 0 Å². The Kier molecular flexibility index (Phi) is 4.49. The van der Waals surface area contributed by atoms with E-state index >= 15 is 0 Å². The Labute approximate surface area is 100 Å². The number of nitrogens with two attached hydrogens (primary N) is 1. The van der Waals surface area contributed by atoms with Crippen LogP contribution in [0.1, 0.15) is 26.7 Å². The zero-order chi connectivity index (χ0) is 13.2. The van der Waals surface area contributed by atoms with Gasteiger partial charge in [-0.05, 0) is 25.7 Å². The van der Waals surface area contributed by atoms with Gasteiger partial charge >= 0.3 is 7.60 Å². The maximum atomic E-state index is 11.1. The Morgan fingerprint density at radius 2 is 2.24 bits per heavy atom. The van der Waals surface area contributed by atoms with E-state index in [0.29, 0.717) is 6.42 Å². The Balaban J connectivity index is 2.73. The summed E-state index contributed by atoms with van der Waals surface area (Å²) < 4.78 is 11.1. The molecule has 0 radical (unpaired) electrons. The molecule has 1 aliphatic rings. The Hall–Kier alpha value is -0.680. The molecule has 0 aromatic rings. The number of hydrogen-bond acceptors (Lipinski definition) is 3. The molecule has 0 saturated carbocycles. The average Bonchev–Trinajstić information content (AvgIpc) is 2.14. The van der Waals surface area contributed by atoms with Crippen molar-refractivity contribution in [2.75, 3.05) is 0 Å². The SMILES string of the molecule is CC(=O)N[C@@H](C)[C@H]1CC=C(P(=O)(O)O)C[C@@H]1N. The van der Waals surface area contributed by atoms with Gasteiger partial charge in [0.15, 0.2) is 0 Å². The number of allylic oxidation sites excluding steroid dienone is 1. The molecule has 1 amide bonds. The van der Waals surface area contributed by atoms with E-state index in [4.69, 9.17) is 15.5 Å². The Morgan fingerprint density at radius 3 is 2.65 bits per heavy atom. The van der Waals surface area contributed by atoms with E-state index in [1.165, 1.54) is 6.92 Å². The number of carbonyl (C=O) groups is 1. The van der Waals surface area contributed by atoms with Crippen molar-refractivity contribution in [3.05, 3.63) is 11.4 Å². The molecule has 5 N–H and O–H groups in total. The van der Waals surface area contributed by atoms with Crippen LogP contribution in [0.4, 0.5) is 0 Å². The molecule has 0 aromatic heterocycles. The lowest BCUT2D eigenvalue weighted by atomic mass is 9.84. The minimum atomic E-state index is -4.17. The molecule has 0 unspecified atom stereocenters. The summed E-state index contributed by atoms with van der Waals surface area (Å²) in [5, 5.41) is 2.86. The molecule has 7 heteroatoms. The van der Waals surface area contributed by atoms with E-state index in [1.54, 1.807) is 6.08 Å². The van der Waals surface area contributed by atoms with E-state index in [0.717, 1.165) is 0 Å². The van der Waals surface area contributed by atoms with E-state index in [9.17, 15) is 9.36 Å². The van der Waals surface area contributed by atoms with Gasteiger partial charge < -0.3 is 20.8 Å². The Bertz CT molecular complexity index is 377. The lowest BCUT2D eigenvalue weighted by Crippen LogP contribution is -2.46. The summed E-state index contributed by atoms with van der Waals surface area (Å²) >= 11 is 0. The predicted octanol–water partition coefficient (Wildman–Crippen LogP) is 0.310. The highest BCUT2D eigenvalue weighted by Gasteiger charge is 2.33. The summed E-state index contributed by atoms with van der Waals surface area (Å²) in [6, 6.07) is -0.443. The molecule has 0 bridgehead atoms. The zero-order valence-corrected chi connectivity index (χ0v) is 10.9. The van der Waals surface area contributed by atoms with Crippen LogP contribution in [-0.4, -0.2) is 27.8 Å². The summed E-state index contributed by atoms with van der Waals surface area (Å²) in [5.41, 5.74) is 5.91. The van der Waals surface area contributed by atoms with Crippen LogP contribution in [0.25, 0.3) is 0 Å². The summed E-state index contributed by atoms with van der Waals surface area (Å²) in [6.07, 6.45) is 2.20. The lowest BCUT2D eigenvalue weighted by Gasteiger charge is -2.33. The van der Waals surface area contributed by atoms with Gasteiger partial charge in [-0.25, -0.2) is 0 Å². The van der Waals surface area contributed by atoms with Crippen molar-refractivity contribution in [2.45, 2.75) is 38.8 Å². The van der Waals surface area contributed by atoms with E-state index in [2.05, 4.69) is 5.32 Å². The second-order valence-corrected chi connectivity index (χ2v) is 6.16. The number of amides is 1. The first-order valence-corrected chi connectivity index (χ1v) is 7.11. The fourth-order valence-corrected chi connectivity index (χ4v) is 2.96. The number of hydrogen-bond donors (Lipinski definition) is 4. The summed E-state index contributed by atoms with van der Waals surface area (Å²) in [6.45, 7) is 3.28. The largest absolute Gasteiger partial charge is 0.354 e. The van der Waals surface area contributed by atoms with Gasteiger partial charge in [-0.1, -0.05) is 6.08 Å². The van der Waals surface area contributed by atoms with Crippen LogP contribution in [-0.2, 0) is 9.36 Å². The van der Waals surface area contributed by atoms with Gasteiger partial charge in [-0.3, -0.25) is 9.36 Å². The molecule has 0 heterocycles. The molecule has 0 aromatic carbocycles. The smallest absolute Gasteiger partial charge is 0.351 e. The Morgan fingerprint density at radius 1 is 1.65 bits per heavy atom. The average molecular weight is 262 g/mol. The van der Waals surface area contributed by atoms with Crippen LogP contribution in [0.5, 0.6) is 0 Å². The number of nitrogens with one attached hydrogen (secondary N) is 1. The van der Waals surface area contributed by atoms with Crippen molar-refractivity contribution in [1.82, 2.24) is 5.32 Å². The minimum absolute atomic E-state index is 0.00852. The van der Waals surface area contributed by atoms with Gasteiger partial charge in [-0.15, -0.1) is 0 Å². The first-order chi connectivity index (χ1) is 7.71. The van der Waals surface area contributed by atoms with Gasteiger partial charge in [0.2, 0.25) is 5.91 Å². The molecule has 1 aliphatic carbocycles. The molecule has 1 rings (SSSR count). The molecule has 98 valence electrons. The molecule has 0 aliphatic heterocycles. The highest BCUT2D eigenvalue weighted by molar-refractivity contribution is 7.56. The van der Waals surface area contributed by atoms with Crippen molar-refractivity contribution in [1.29, 1.82) is 0 Å². The normalized spacial score (nSPS) is 27.2. The monoisotopic (exact) mass is 262 g/mol. The molecule has 0 fully saturated rings. The minimum Gasteiger partial charge on any atom is -0.354 e. The molecule has 6 nitrogen and oxygen atoms in total. The predicted molar refractivity (Wildman–Crippen MR) is 64.1 cm³/mol. The van der Waals surface area contributed by atoms with Crippen LogP contribution in [0, 0.1) is 5.92 Å². The van der Waals surface area contributed by atoms with Crippen molar-refractivity contribution in [3.8, 4) is 0 Å². The van der Waals surface area contributed by atoms with Gasteiger partial charge in [0.1, 0.15) is 0 Å². The van der Waals surface area contributed by atoms with Crippen molar-refractivity contribution in [2.24, 2.45) is 11.7 Å². The zero-order valence-electron chi connectivity index (χ0n) is 9.96. The lowest BCUT2D eigenvalue weighted by molar-refractivity contribution is -0.119. The van der Waals surface area contributed by atoms with E-state index in [-0.39, 0.29) is 35.6 Å². The third-order valence-electron chi connectivity index (χ3n) is 3.07. The summed E-state index contributed by atoms with van der Waals surface area (Å²) in [7, 11) is -4.17. The third-order valence-corrected chi connectivity index (χ3v) is 4.18. The quantitative estimate of drug-likeness (QED) is 0.547. The molecular weight excluding hydrogens is 243 g/mol. The van der Waals surface area contributed by atoms with E-state index in [1.807, 2.05) is 6.92 Å². The molecule has 17 heavy (non-hydrogen) atoms. The fourth-order valence-electron chi connectivity index (χ4n) is 2.16. The van der Waals surface area contributed by atoms with Crippen molar-refractivity contribution < 1.29 is 19.1 Å². The maximum Gasteiger partial charge on any atom is 0.351 e. The highest BCUT2D eigenvalue weighted by Crippen LogP contribution is 2.49. The van der Waals surface area contributed by atoms with Crippen molar-refractivity contribution in [3.63, 3.8) is 0 Å². The van der Waals surface area contributed by atoms with Gasteiger partial charge in [-0.2, -0.15) is 0 Å². The van der Waals surface area contributed by atoms with Crippen LogP contribution in [0.3, 0.4) is 0 Å². The molecular formula is C10H19N2O4P. The fraction of sp³-hybridized carbons (Fsp3) is 0.700. The summed E-state index contributed by atoms with van der Waals surface area (Å²) in [5.74, 6) is -0.122. The van der Waals surface area contributed by atoms with E-state index < -0.39 is 7.60 Å². The topological polar surface area (TPSA) is 113 Å². The van der Waals surface area contributed by atoms with Crippen LogP contribution in [0.15, 0.2) is 11.4 Å². The maximum absolute atomic E-state index is 11.1. The molecule has 0 spiro atoms. The second kappa shape index (κ2) is 5.31. The number of rotatable bonds is 3. The van der Waals surface area contributed by atoms with Crippen molar-refractivity contribution >= 4 is 13.5 Å². The highest BCUT2D eigenvalue weighted by atomic mass is 31.2. The third kappa shape index (κ3) is 3.92. The van der Waals surface area contributed by atoms with Gasteiger partial charge in [0.05, 0.1) is 0 Å². The molecule has 3 atom stereocenters. The van der Waals surface area contributed by atoms with Crippen LogP contribution >= 0.6 is 7.60 Å². The van der Waals surface area contributed by atoms with Gasteiger partial charge in [0, 0.05) is 24.3 Å². The first-order valence-electron chi connectivity index (χ1n) is 5.49. The summed E-state index contributed by atoms with van der Waals surface area (Å²) in [4.78, 5) is 29.0. The first kappa shape index (κ1) is 14.4.